The van der Waals surface area contributed by atoms with Crippen LogP contribution in [0.3, 0.4) is 0 Å². The molecule has 17 heavy (non-hydrogen) atoms. The summed E-state index contributed by atoms with van der Waals surface area (Å²) in [4.78, 5) is 0. The van der Waals surface area contributed by atoms with Gasteiger partial charge in [0.05, 0.1) is 6.61 Å². The smallest absolute Gasteiger partial charge is 0.174 e. The number of hydrogen-bond donors (Lipinski definition) is 0. The Morgan fingerprint density at radius 2 is 1.41 bits per heavy atom. The molecule has 3 atom stereocenters. The van der Waals surface area contributed by atoms with Gasteiger partial charge in [0.15, 0.2) is 4.67 Å². The first-order valence-corrected chi connectivity index (χ1v) is 14.8. The van der Waals surface area contributed by atoms with Crippen molar-refractivity contribution in [1.29, 1.82) is 0 Å². The first kappa shape index (κ1) is 20.5. The monoisotopic (exact) mass is 650 g/mol. The lowest BCUT2D eigenvalue weighted by atomic mass is 10.5. The molecular weight excluding hydrogens is 632 g/mol. The molecule has 1 nitrogen and oxygen atoms in total. The van der Waals surface area contributed by atoms with Gasteiger partial charge >= 0.3 is 0 Å². The molecule has 0 radical (unpaired) electrons. The van der Waals surface area contributed by atoms with Crippen molar-refractivity contribution in [3.8, 4) is 0 Å². The predicted molar refractivity (Wildman–Crippen MR) is 116 cm³/mol. The van der Waals surface area contributed by atoms with E-state index in [1.165, 1.54) is 0 Å². The molecule has 0 saturated carbocycles. The lowest BCUT2D eigenvalue weighted by molar-refractivity contribution is 0.376. The van der Waals surface area contributed by atoms with E-state index in [-0.39, 0.29) is 0 Å². The van der Waals surface area contributed by atoms with E-state index < -0.39 is 4.67 Å². The number of rotatable bonds is 9. The predicted octanol–water partition coefficient (Wildman–Crippen LogP) is 6.16. The van der Waals surface area contributed by atoms with Crippen molar-refractivity contribution in [2.45, 2.75) is 32.5 Å². The van der Waals surface area contributed by atoms with Crippen LogP contribution in [0.2, 0.25) is 0 Å². The second-order valence-electron chi connectivity index (χ2n) is 3.68. The molecule has 0 aromatic rings. The van der Waals surface area contributed by atoms with Gasteiger partial charge in [0, 0.05) is 23.3 Å². The second-order valence-corrected chi connectivity index (χ2v) is 20.6. The molecule has 0 bridgehead atoms. The van der Waals surface area contributed by atoms with Crippen LogP contribution in [-0.4, -0.2) is 29.9 Å². The first-order chi connectivity index (χ1) is 7.75. The highest BCUT2D eigenvalue weighted by Gasteiger charge is 2.21. The van der Waals surface area contributed by atoms with E-state index in [1.807, 2.05) is 22.8 Å². The Morgan fingerprint density at radius 1 is 1.00 bits per heavy atom. The van der Waals surface area contributed by atoms with E-state index in [0.29, 0.717) is 11.8 Å². The Morgan fingerprint density at radius 3 is 1.71 bits per heavy atom. The molecule has 0 aliphatic rings. The van der Waals surface area contributed by atoms with Gasteiger partial charge in [-0.3, -0.25) is 0 Å². The van der Waals surface area contributed by atoms with Gasteiger partial charge in [-0.15, -0.1) is 0 Å². The van der Waals surface area contributed by atoms with Crippen LogP contribution >= 0.6 is 95.2 Å². The Bertz CT molecular complexity index is 214. The standard InChI is InChI=1S/C9H18I3OPS3/c1-7(10)4-13-14(15,16-5-8(2)11)17-6-9(3)12/h7-9H,4-6H2,1-3H3. The van der Waals surface area contributed by atoms with E-state index >= 15 is 0 Å². The fraction of sp³-hybridized carbons (Fsp3) is 1.00. The van der Waals surface area contributed by atoms with E-state index in [9.17, 15) is 0 Å². The van der Waals surface area contributed by atoms with Crippen molar-refractivity contribution in [1.82, 2.24) is 0 Å². The third-order valence-electron chi connectivity index (χ3n) is 1.39. The number of alkyl halides is 3. The molecule has 0 rings (SSSR count). The Labute approximate surface area is 160 Å². The molecule has 0 N–H and O–H groups in total. The van der Waals surface area contributed by atoms with Gasteiger partial charge in [-0.1, -0.05) is 111 Å². The fourth-order valence-electron chi connectivity index (χ4n) is 0.694. The third kappa shape index (κ3) is 12.9. The summed E-state index contributed by atoms with van der Waals surface area (Å²) >= 11 is 16.8. The first-order valence-electron chi connectivity index (χ1n) is 5.21. The van der Waals surface area contributed by atoms with E-state index in [4.69, 9.17) is 16.3 Å². The highest BCUT2D eigenvalue weighted by atomic mass is 127. The van der Waals surface area contributed by atoms with Crippen LogP contribution in [0.25, 0.3) is 0 Å². The molecule has 8 heteroatoms. The molecule has 0 spiro atoms. The van der Waals surface area contributed by atoms with E-state index in [1.54, 1.807) is 0 Å². The van der Waals surface area contributed by atoms with Gasteiger partial charge in [0.1, 0.15) is 0 Å². The Balaban J connectivity index is 4.29. The molecule has 0 aromatic carbocycles. The van der Waals surface area contributed by atoms with Gasteiger partial charge in [-0.05, 0) is 11.8 Å². The zero-order valence-electron chi connectivity index (χ0n) is 10.1. The molecule has 0 fully saturated rings. The highest BCUT2D eigenvalue weighted by Crippen LogP contribution is 2.70. The molecule has 0 aliphatic carbocycles. The van der Waals surface area contributed by atoms with Crippen molar-refractivity contribution in [3.05, 3.63) is 0 Å². The van der Waals surface area contributed by atoms with Crippen molar-refractivity contribution in [3.63, 3.8) is 0 Å². The second kappa shape index (κ2) is 11.1. The highest BCUT2D eigenvalue weighted by molar-refractivity contribution is 14.1. The Kier molecular flexibility index (Phi) is 13.4. The van der Waals surface area contributed by atoms with Crippen LogP contribution in [0.1, 0.15) is 20.8 Å². The molecule has 0 amide bonds. The summed E-state index contributed by atoms with van der Waals surface area (Å²) in [6.07, 6.45) is 0. The van der Waals surface area contributed by atoms with Crippen LogP contribution in [0.5, 0.6) is 0 Å². The summed E-state index contributed by atoms with van der Waals surface area (Å²) in [6, 6.07) is 0. The fourth-order valence-corrected chi connectivity index (χ4v) is 11.9. The topological polar surface area (TPSA) is 9.23 Å². The van der Waals surface area contributed by atoms with Crippen LogP contribution in [0, 0.1) is 0 Å². The van der Waals surface area contributed by atoms with Crippen molar-refractivity contribution in [2.24, 2.45) is 0 Å². The van der Waals surface area contributed by atoms with Gasteiger partial charge in [-0.2, -0.15) is 0 Å². The lowest BCUT2D eigenvalue weighted by Crippen LogP contribution is -2.03. The average Bonchev–Trinajstić information content (AvgIpc) is 2.21. The minimum Gasteiger partial charge on any atom is -0.333 e. The van der Waals surface area contributed by atoms with Gasteiger partial charge < -0.3 is 4.52 Å². The van der Waals surface area contributed by atoms with Gasteiger partial charge in [0.25, 0.3) is 0 Å². The van der Waals surface area contributed by atoms with Crippen LogP contribution in [-0.2, 0) is 16.3 Å². The summed E-state index contributed by atoms with van der Waals surface area (Å²) in [5.74, 6) is 2.19. The van der Waals surface area contributed by atoms with Crippen molar-refractivity contribution in [2.75, 3.05) is 18.1 Å². The van der Waals surface area contributed by atoms with Crippen LogP contribution in [0.15, 0.2) is 0 Å². The quantitative estimate of drug-likeness (QED) is 0.168. The minimum absolute atomic E-state index is 0.533. The Hall–Kier alpha value is 3.50. The SMILES string of the molecule is CC(I)COP(=S)(SCC(C)I)SCC(C)I. The van der Waals surface area contributed by atoms with Crippen LogP contribution < -0.4 is 0 Å². The maximum Gasteiger partial charge on any atom is 0.174 e. The minimum atomic E-state index is -1.73. The lowest BCUT2D eigenvalue weighted by Gasteiger charge is -2.22. The summed E-state index contributed by atoms with van der Waals surface area (Å²) in [6.45, 7) is 7.39. The van der Waals surface area contributed by atoms with E-state index in [2.05, 4.69) is 88.5 Å². The normalized spacial score (nSPS) is 20.6. The molecule has 104 valence electrons. The molecule has 0 heterocycles. The zero-order chi connectivity index (χ0) is 13.5. The molecular formula is C9H18I3OPS3. The zero-order valence-corrected chi connectivity index (χ0v) is 19.9. The summed E-state index contributed by atoms with van der Waals surface area (Å²) < 4.78 is 6.14. The third-order valence-corrected chi connectivity index (χ3v) is 13.8. The van der Waals surface area contributed by atoms with E-state index in [0.717, 1.165) is 18.1 Å². The molecule has 3 unspecified atom stereocenters. The maximum atomic E-state index is 6.03. The molecule has 0 aliphatic heterocycles. The summed E-state index contributed by atoms with van der Waals surface area (Å²) in [5.41, 5.74) is 0. The maximum absolute atomic E-state index is 6.03. The van der Waals surface area contributed by atoms with Crippen LogP contribution in [0.4, 0.5) is 0 Å². The van der Waals surface area contributed by atoms with Gasteiger partial charge in [-0.25, -0.2) is 0 Å². The largest absolute Gasteiger partial charge is 0.333 e. The van der Waals surface area contributed by atoms with Gasteiger partial charge in [0.2, 0.25) is 0 Å². The summed E-state index contributed by atoms with van der Waals surface area (Å²) in [7, 11) is 0. The molecule has 0 aromatic heterocycles. The van der Waals surface area contributed by atoms with Crippen molar-refractivity contribution >= 4 is 107 Å². The summed E-state index contributed by atoms with van der Waals surface area (Å²) in [5, 5.41) is 0. The number of hydrogen-bond acceptors (Lipinski definition) is 4. The number of halogens is 3. The van der Waals surface area contributed by atoms with Crippen molar-refractivity contribution < 1.29 is 4.52 Å². The molecule has 0 saturated heterocycles. The average molecular weight is 650 g/mol.